The number of rotatable bonds is 2. The minimum absolute atomic E-state index is 0.114. The van der Waals surface area contributed by atoms with Crippen molar-refractivity contribution < 1.29 is 14.3 Å². The average Bonchev–Trinajstić information content (AvgIpc) is 2.99. The topological polar surface area (TPSA) is 106 Å². The second kappa shape index (κ2) is 6.67. The number of halogens is 1. The monoisotopic (exact) mass is 455 g/mol. The van der Waals surface area contributed by atoms with Gasteiger partial charge in [0.25, 0.3) is 5.91 Å². The fourth-order valence-corrected chi connectivity index (χ4v) is 4.11. The predicted molar refractivity (Wildman–Crippen MR) is 113 cm³/mol. The van der Waals surface area contributed by atoms with Crippen LogP contribution >= 0.6 is 15.9 Å². The Hall–Kier alpha value is -3.25. The van der Waals surface area contributed by atoms with Crippen molar-refractivity contribution in [3.63, 3.8) is 0 Å². The number of anilines is 2. The lowest BCUT2D eigenvalue weighted by Crippen LogP contribution is -2.36. The van der Waals surface area contributed by atoms with Crippen LogP contribution in [0.25, 0.3) is 16.6 Å². The van der Waals surface area contributed by atoms with E-state index in [1.54, 1.807) is 24.9 Å². The zero-order valence-corrected chi connectivity index (χ0v) is 17.9. The number of aromatic nitrogens is 2. The van der Waals surface area contributed by atoms with Gasteiger partial charge in [0.2, 0.25) is 0 Å². The van der Waals surface area contributed by atoms with Crippen molar-refractivity contribution in [1.29, 1.82) is 5.26 Å². The Balaban J connectivity index is 2.20. The van der Waals surface area contributed by atoms with E-state index in [1.165, 1.54) is 4.90 Å². The molecule has 0 aliphatic carbocycles. The van der Waals surface area contributed by atoms with Gasteiger partial charge in [-0.1, -0.05) is 15.9 Å². The Morgan fingerprint density at radius 1 is 1.38 bits per heavy atom. The standard InChI is InChI=1S/C20H18BrN5O3/c1-9-13(21)5-14(28-4)10(2)16(9)26-17-12(11(6-22)19(26)23)7-24-20-18(17)29-8-15(27)25(20)3/h5,7H,8,23H2,1-4H3. The zero-order valence-electron chi connectivity index (χ0n) is 16.3. The molecular weight excluding hydrogens is 438 g/mol. The average molecular weight is 456 g/mol. The molecule has 0 saturated carbocycles. The number of pyridine rings is 1. The van der Waals surface area contributed by atoms with Gasteiger partial charge < -0.3 is 15.2 Å². The number of nitrogens with two attached hydrogens (primary N) is 1. The lowest BCUT2D eigenvalue weighted by atomic mass is 10.1. The highest BCUT2D eigenvalue weighted by molar-refractivity contribution is 9.10. The fraction of sp³-hybridized carbons (Fsp3) is 0.250. The van der Waals surface area contributed by atoms with Crippen LogP contribution in [-0.4, -0.2) is 36.2 Å². The number of nitriles is 1. The third-order valence-corrected chi connectivity index (χ3v) is 6.09. The first kappa shape index (κ1) is 19.1. The van der Waals surface area contributed by atoms with Crippen LogP contribution in [0.2, 0.25) is 0 Å². The van der Waals surface area contributed by atoms with Crippen molar-refractivity contribution in [2.24, 2.45) is 0 Å². The molecule has 3 aromatic rings. The molecule has 0 atom stereocenters. The molecule has 0 spiro atoms. The molecule has 9 heteroatoms. The second-order valence-electron chi connectivity index (χ2n) is 6.78. The number of amides is 1. The minimum atomic E-state index is -0.201. The van der Waals surface area contributed by atoms with E-state index < -0.39 is 0 Å². The molecule has 1 aromatic carbocycles. The highest BCUT2D eigenvalue weighted by Crippen LogP contribution is 2.45. The molecule has 8 nitrogen and oxygen atoms in total. The third kappa shape index (κ3) is 2.56. The van der Waals surface area contributed by atoms with Crippen LogP contribution < -0.4 is 20.1 Å². The summed E-state index contributed by atoms with van der Waals surface area (Å²) in [6, 6.07) is 4.06. The molecule has 0 saturated heterocycles. The van der Waals surface area contributed by atoms with Gasteiger partial charge in [-0.05, 0) is 25.5 Å². The van der Waals surface area contributed by atoms with Gasteiger partial charge in [0, 0.05) is 28.7 Å². The van der Waals surface area contributed by atoms with Crippen molar-refractivity contribution in [2.45, 2.75) is 13.8 Å². The summed E-state index contributed by atoms with van der Waals surface area (Å²) in [5.74, 6) is 1.54. The fourth-order valence-electron chi connectivity index (χ4n) is 3.71. The molecule has 3 heterocycles. The first-order valence-electron chi connectivity index (χ1n) is 8.78. The van der Waals surface area contributed by atoms with E-state index in [9.17, 15) is 10.1 Å². The van der Waals surface area contributed by atoms with Crippen LogP contribution in [0.3, 0.4) is 0 Å². The Bertz CT molecular complexity index is 1240. The summed E-state index contributed by atoms with van der Waals surface area (Å²) in [4.78, 5) is 17.9. The largest absolute Gasteiger partial charge is 0.496 e. The van der Waals surface area contributed by atoms with Gasteiger partial charge in [0.05, 0.1) is 12.8 Å². The molecule has 1 amide bonds. The maximum atomic E-state index is 12.1. The van der Waals surface area contributed by atoms with E-state index in [-0.39, 0.29) is 18.3 Å². The Labute approximate surface area is 175 Å². The second-order valence-corrected chi connectivity index (χ2v) is 7.64. The SMILES string of the molecule is COc1cc(Br)c(C)c(-n2c(N)c(C#N)c3cnc4c(c32)OCC(=O)N4C)c1C. The van der Waals surface area contributed by atoms with Gasteiger partial charge in [-0.2, -0.15) is 5.26 Å². The first-order chi connectivity index (χ1) is 13.8. The number of carbonyl (C=O) groups is 1. The summed E-state index contributed by atoms with van der Waals surface area (Å²) in [5, 5.41) is 10.3. The van der Waals surface area contributed by atoms with Crippen molar-refractivity contribution >= 4 is 44.4 Å². The number of likely N-dealkylation sites (N-methyl/N-ethyl adjacent to an activating group) is 1. The lowest BCUT2D eigenvalue weighted by Gasteiger charge is -2.26. The van der Waals surface area contributed by atoms with Crippen LogP contribution in [0.5, 0.6) is 11.5 Å². The van der Waals surface area contributed by atoms with Crippen molar-refractivity contribution in [3.05, 3.63) is 33.4 Å². The van der Waals surface area contributed by atoms with Crippen molar-refractivity contribution in [1.82, 2.24) is 9.55 Å². The molecule has 148 valence electrons. The number of carbonyl (C=O) groups excluding carboxylic acids is 1. The lowest BCUT2D eigenvalue weighted by molar-refractivity contribution is -0.121. The van der Waals surface area contributed by atoms with Gasteiger partial charge in [0.1, 0.15) is 28.7 Å². The number of fused-ring (bicyclic) bond motifs is 3. The molecule has 0 fully saturated rings. The normalized spacial score (nSPS) is 13.2. The summed E-state index contributed by atoms with van der Waals surface area (Å²) in [7, 11) is 3.24. The Morgan fingerprint density at radius 3 is 2.76 bits per heavy atom. The third-order valence-electron chi connectivity index (χ3n) is 5.26. The van der Waals surface area contributed by atoms with Crippen LogP contribution in [0, 0.1) is 25.2 Å². The summed E-state index contributed by atoms with van der Waals surface area (Å²) in [5.41, 5.74) is 9.90. The van der Waals surface area contributed by atoms with Crippen molar-refractivity contribution in [2.75, 3.05) is 31.4 Å². The van der Waals surface area contributed by atoms with Crippen LogP contribution in [0.4, 0.5) is 11.6 Å². The number of hydrogen-bond donors (Lipinski definition) is 1. The summed E-state index contributed by atoms with van der Waals surface area (Å²) >= 11 is 3.58. The highest BCUT2D eigenvalue weighted by atomic mass is 79.9. The number of ether oxygens (including phenoxy) is 2. The predicted octanol–water partition coefficient (Wildman–Crippen LogP) is 3.22. The number of hydrogen-bond acceptors (Lipinski definition) is 6. The van der Waals surface area contributed by atoms with E-state index in [4.69, 9.17) is 15.2 Å². The van der Waals surface area contributed by atoms with Gasteiger partial charge >= 0.3 is 0 Å². The van der Waals surface area contributed by atoms with Crippen LogP contribution in [-0.2, 0) is 4.79 Å². The quantitative estimate of drug-likeness (QED) is 0.635. The molecule has 0 bridgehead atoms. The Kier molecular flexibility index (Phi) is 4.39. The molecule has 2 aromatic heterocycles. The van der Waals surface area contributed by atoms with Crippen molar-refractivity contribution in [3.8, 4) is 23.3 Å². The van der Waals surface area contributed by atoms with E-state index in [0.29, 0.717) is 33.8 Å². The van der Waals surface area contributed by atoms with Gasteiger partial charge in [-0.15, -0.1) is 0 Å². The molecule has 0 radical (unpaired) electrons. The van der Waals surface area contributed by atoms with E-state index in [2.05, 4.69) is 27.0 Å². The van der Waals surface area contributed by atoms with Gasteiger partial charge in [-0.3, -0.25) is 14.3 Å². The molecule has 1 aliphatic rings. The molecular formula is C20H18BrN5O3. The highest BCUT2D eigenvalue weighted by Gasteiger charge is 2.31. The summed E-state index contributed by atoms with van der Waals surface area (Å²) in [6.45, 7) is 3.76. The van der Waals surface area contributed by atoms with E-state index in [0.717, 1.165) is 21.3 Å². The van der Waals surface area contributed by atoms with Gasteiger partial charge in [-0.25, -0.2) is 4.98 Å². The number of nitrogen functional groups attached to an aromatic ring is 1. The summed E-state index contributed by atoms with van der Waals surface area (Å²) < 4.78 is 13.9. The van der Waals surface area contributed by atoms with Crippen LogP contribution in [0.1, 0.15) is 16.7 Å². The number of methoxy groups -OCH3 is 1. The Morgan fingerprint density at radius 2 is 2.10 bits per heavy atom. The van der Waals surface area contributed by atoms with E-state index in [1.807, 2.05) is 19.9 Å². The smallest absolute Gasteiger partial charge is 0.265 e. The molecule has 1 aliphatic heterocycles. The maximum absolute atomic E-state index is 12.1. The van der Waals surface area contributed by atoms with Crippen LogP contribution in [0.15, 0.2) is 16.7 Å². The number of nitrogens with zero attached hydrogens (tertiary/aromatic N) is 4. The summed E-state index contributed by atoms with van der Waals surface area (Å²) in [6.07, 6.45) is 1.55. The van der Waals surface area contributed by atoms with E-state index >= 15 is 0 Å². The molecule has 0 unspecified atom stereocenters. The van der Waals surface area contributed by atoms with Gasteiger partial charge in [0.15, 0.2) is 18.2 Å². The molecule has 2 N–H and O–H groups in total. The molecule has 4 rings (SSSR count). The first-order valence-corrected chi connectivity index (χ1v) is 9.57. The zero-order chi connectivity index (χ0) is 21.0. The number of benzene rings is 1. The minimum Gasteiger partial charge on any atom is -0.496 e. The maximum Gasteiger partial charge on any atom is 0.265 e. The molecule has 29 heavy (non-hydrogen) atoms.